The quantitative estimate of drug-likeness (QED) is 0.154. The summed E-state index contributed by atoms with van der Waals surface area (Å²) >= 11 is 2.26. The van der Waals surface area contributed by atoms with E-state index in [0.717, 1.165) is 15.4 Å². The average molecular weight is 523 g/mol. The summed E-state index contributed by atoms with van der Waals surface area (Å²) in [4.78, 5) is 0. The van der Waals surface area contributed by atoms with Gasteiger partial charge in [-0.1, -0.05) is 91.7 Å². The first-order valence-electron chi connectivity index (χ1n) is 11.6. The normalized spacial score (nSPS) is 13.8. The molecule has 2 atom stereocenters. The molecule has 1 aromatic rings. The maximum absolute atomic E-state index is 3.95. The van der Waals surface area contributed by atoms with E-state index in [4.69, 9.17) is 0 Å². The summed E-state index contributed by atoms with van der Waals surface area (Å²) in [5.74, 6) is 2.29. The Morgan fingerprint density at radius 1 is 1.03 bits per heavy atom. The van der Waals surface area contributed by atoms with Gasteiger partial charge in [-0.2, -0.15) is 0 Å². The van der Waals surface area contributed by atoms with E-state index in [-0.39, 0.29) is 0 Å². The van der Waals surface area contributed by atoms with Crippen molar-refractivity contribution in [2.45, 2.75) is 92.9 Å². The molecule has 0 amide bonds. The Hall–Kier alpha value is -0.830. The molecule has 0 aliphatic carbocycles. The van der Waals surface area contributed by atoms with Gasteiger partial charge in [0.15, 0.2) is 0 Å². The van der Waals surface area contributed by atoms with Crippen LogP contribution in [-0.2, 0) is 0 Å². The van der Waals surface area contributed by atoms with Crippen LogP contribution in [0.1, 0.15) is 103 Å². The molecule has 170 valence electrons. The monoisotopic (exact) mass is 522 g/mol. The van der Waals surface area contributed by atoms with Gasteiger partial charge in [-0.15, -0.1) is 13.2 Å². The largest absolute Gasteiger partial charge is 0.106 e. The van der Waals surface area contributed by atoms with Gasteiger partial charge >= 0.3 is 0 Å². The predicted molar refractivity (Wildman–Crippen MR) is 149 cm³/mol. The van der Waals surface area contributed by atoms with Gasteiger partial charge in [0.2, 0.25) is 0 Å². The van der Waals surface area contributed by atoms with Crippen LogP contribution in [0.3, 0.4) is 0 Å². The van der Waals surface area contributed by atoms with Crippen molar-refractivity contribution in [1.82, 2.24) is 0 Å². The van der Waals surface area contributed by atoms with Crippen molar-refractivity contribution < 1.29 is 0 Å². The third-order valence-corrected chi connectivity index (χ3v) is 5.85. The standard InChI is InChI=1S/C27H43I.C2H4/c1-20(2)10-9-11-25(16-12-21(3)19-27(6,7)8)26-17-15-24(18-22(26)4)14-13-23(5)28;1-2/h13-15,17-18,20-21,25H,5,9-12,16,19H2,1-4,6-8H3;1-2H2/b14-13+;. The van der Waals surface area contributed by atoms with E-state index in [2.05, 4.69) is 121 Å². The number of rotatable bonds is 11. The summed E-state index contributed by atoms with van der Waals surface area (Å²) in [6, 6.07) is 7.02. The van der Waals surface area contributed by atoms with E-state index in [1.165, 1.54) is 49.7 Å². The van der Waals surface area contributed by atoms with Crippen molar-refractivity contribution in [2.24, 2.45) is 17.3 Å². The smallest absolute Gasteiger partial charge is 0.00581 e. The molecule has 1 aromatic carbocycles. The van der Waals surface area contributed by atoms with Crippen molar-refractivity contribution in [3.05, 3.63) is 64.3 Å². The van der Waals surface area contributed by atoms with E-state index in [1.54, 1.807) is 5.56 Å². The van der Waals surface area contributed by atoms with Crippen LogP contribution < -0.4 is 0 Å². The highest BCUT2D eigenvalue weighted by Gasteiger charge is 2.19. The molecule has 0 fully saturated rings. The van der Waals surface area contributed by atoms with E-state index >= 15 is 0 Å². The molecule has 0 bridgehead atoms. The van der Waals surface area contributed by atoms with Crippen LogP contribution in [0.4, 0.5) is 0 Å². The lowest BCUT2D eigenvalue weighted by molar-refractivity contribution is 0.286. The van der Waals surface area contributed by atoms with E-state index in [9.17, 15) is 0 Å². The van der Waals surface area contributed by atoms with Crippen molar-refractivity contribution >= 4 is 28.7 Å². The van der Waals surface area contributed by atoms with Crippen LogP contribution in [0.5, 0.6) is 0 Å². The highest BCUT2D eigenvalue weighted by molar-refractivity contribution is 14.1. The van der Waals surface area contributed by atoms with Gasteiger partial charge in [0.25, 0.3) is 0 Å². The van der Waals surface area contributed by atoms with Gasteiger partial charge in [0.05, 0.1) is 0 Å². The zero-order chi connectivity index (χ0) is 23.3. The lowest BCUT2D eigenvalue weighted by atomic mass is 9.80. The van der Waals surface area contributed by atoms with Gasteiger partial charge in [0, 0.05) is 3.58 Å². The average Bonchev–Trinajstić information content (AvgIpc) is 2.63. The fourth-order valence-corrected chi connectivity index (χ4v) is 4.49. The lowest BCUT2D eigenvalue weighted by Crippen LogP contribution is -2.12. The summed E-state index contributed by atoms with van der Waals surface area (Å²) in [6.07, 6.45) is 12.2. The molecule has 0 nitrogen and oxygen atoms in total. The first-order chi connectivity index (χ1) is 14.0. The van der Waals surface area contributed by atoms with Crippen molar-refractivity contribution in [2.75, 3.05) is 0 Å². The molecule has 0 spiro atoms. The van der Waals surface area contributed by atoms with Crippen LogP contribution in [0.2, 0.25) is 0 Å². The molecule has 2 unspecified atom stereocenters. The second-order valence-corrected chi connectivity index (χ2v) is 11.8. The second kappa shape index (κ2) is 15.1. The Morgan fingerprint density at radius 2 is 1.67 bits per heavy atom. The highest BCUT2D eigenvalue weighted by Crippen LogP contribution is 2.34. The van der Waals surface area contributed by atoms with Gasteiger partial charge in [0.1, 0.15) is 0 Å². The molecule has 0 aliphatic rings. The molecule has 0 N–H and O–H groups in total. The summed E-state index contributed by atoms with van der Waals surface area (Å²) in [6.45, 7) is 26.5. The number of hydrogen-bond acceptors (Lipinski definition) is 0. The fraction of sp³-hybridized carbons (Fsp3) is 0.586. The Labute approximate surface area is 202 Å². The van der Waals surface area contributed by atoms with Gasteiger partial charge in [-0.05, 0) is 94.7 Å². The second-order valence-electron chi connectivity index (χ2n) is 10.4. The number of aryl methyl sites for hydroxylation is 1. The minimum Gasteiger partial charge on any atom is -0.106 e. The highest BCUT2D eigenvalue weighted by atomic mass is 127. The van der Waals surface area contributed by atoms with Gasteiger partial charge in [-0.25, -0.2) is 0 Å². The minimum atomic E-state index is 0.430. The minimum absolute atomic E-state index is 0.430. The topological polar surface area (TPSA) is 0 Å². The van der Waals surface area contributed by atoms with Crippen LogP contribution in [0.25, 0.3) is 6.08 Å². The summed E-state index contributed by atoms with van der Waals surface area (Å²) in [5.41, 5.74) is 4.72. The summed E-state index contributed by atoms with van der Waals surface area (Å²) in [7, 11) is 0. The Morgan fingerprint density at radius 3 is 2.17 bits per heavy atom. The fourth-order valence-electron chi connectivity index (χ4n) is 4.31. The predicted octanol–water partition coefficient (Wildman–Crippen LogP) is 10.5. The first-order valence-corrected chi connectivity index (χ1v) is 12.7. The molecule has 30 heavy (non-hydrogen) atoms. The molecular weight excluding hydrogens is 475 g/mol. The van der Waals surface area contributed by atoms with Gasteiger partial charge < -0.3 is 0 Å². The first kappa shape index (κ1) is 29.2. The molecular formula is C29H47I. The molecule has 0 heterocycles. The summed E-state index contributed by atoms with van der Waals surface area (Å²) < 4.78 is 1.07. The van der Waals surface area contributed by atoms with E-state index < -0.39 is 0 Å². The molecule has 0 radical (unpaired) electrons. The molecule has 0 aromatic heterocycles. The Bertz CT molecular complexity index is 645. The Kier molecular flexibility index (Phi) is 14.6. The maximum Gasteiger partial charge on any atom is 0.00581 e. The molecule has 0 aliphatic heterocycles. The van der Waals surface area contributed by atoms with Crippen molar-refractivity contribution in [3.8, 4) is 0 Å². The third kappa shape index (κ3) is 13.5. The summed E-state index contributed by atoms with van der Waals surface area (Å²) in [5, 5.41) is 0. The van der Waals surface area contributed by atoms with Crippen molar-refractivity contribution in [1.29, 1.82) is 0 Å². The molecule has 1 heteroatoms. The van der Waals surface area contributed by atoms with Crippen LogP contribution in [0, 0.1) is 24.2 Å². The van der Waals surface area contributed by atoms with E-state index in [0.29, 0.717) is 11.3 Å². The number of allylic oxidation sites excluding steroid dienone is 2. The van der Waals surface area contributed by atoms with Crippen LogP contribution in [0.15, 0.2) is 47.6 Å². The SMILES string of the molecule is C=C.C=C(I)/C=C/c1ccc(C(CCCC(C)C)CCC(C)CC(C)(C)C)c(C)c1. The van der Waals surface area contributed by atoms with Gasteiger partial charge in [-0.3, -0.25) is 0 Å². The zero-order valence-corrected chi connectivity index (χ0v) is 23.0. The maximum atomic E-state index is 3.95. The van der Waals surface area contributed by atoms with Crippen LogP contribution in [-0.4, -0.2) is 0 Å². The zero-order valence-electron chi connectivity index (χ0n) is 20.9. The lowest BCUT2D eigenvalue weighted by Gasteiger charge is -2.26. The van der Waals surface area contributed by atoms with Crippen LogP contribution >= 0.6 is 22.6 Å². The Balaban J connectivity index is 0.00000407. The molecule has 0 saturated carbocycles. The number of halogens is 1. The van der Waals surface area contributed by atoms with E-state index in [1.807, 2.05) is 0 Å². The molecule has 1 rings (SSSR count). The third-order valence-electron chi connectivity index (χ3n) is 5.49. The molecule has 0 saturated heterocycles. The van der Waals surface area contributed by atoms with Crippen molar-refractivity contribution in [3.63, 3.8) is 0 Å². The number of hydrogen-bond donors (Lipinski definition) is 0. The number of benzene rings is 1.